The minimum Gasteiger partial charge on any atom is -0.464 e. The van der Waals surface area contributed by atoms with Crippen LogP contribution in [0.4, 0.5) is 0 Å². The van der Waals surface area contributed by atoms with E-state index in [1.54, 1.807) is 0 Å². The average Bonchev–Trinajstić information content (AvgIpc) is 2.57. The number of esters is 1. The fraction of sp³-hybridized carbons (Fsp3) is 0.550. The van der Waals surface area contributed by atoms with Crippen LogP contribution in [0.5, 0.6) is 0 Å². The molecule has 2 atom stereocenters. The van der Waals surface area contributed by atoms with Gasteiger partial charge in [0.2, 0.25) is 0 Å². The van der Waals surface area contributed by atoms with Gasteiger partial charge in [0.15, 0.2) is 0 Å². The zero-order chi connectivity index (χ0) is 16.7. The Balaban J connectivity index is 2.03. The van der Waals surface area contributed by atoms with Crippen molar-refractivity contribution in [3.63, 3.8) is 0 Å². The first-order valence-electron chi connectivity index (χ1n) is 8.68. The molecule has 0 heterocycles. The maximum absolute atomic E-state index is 12.7. The van der Waals surface area contributed by atoms with Crippen molar-refractivity contribution in [3.8, 4) is 0 Å². The molecule has 1 aromatic carbocycles. The number of likely N-dealkylation sites (N-methyl/N-ethyl adjacent to an activating group) is 1. The second-order valence-electron chi connectivity index (χ2n) is 6.65. The lowest BCUT2D eigenvalue weighted by Crippen LogP contribution is -2.32. The molecule has 3 nitrogen and oxygen atoms in total. The monoisotopic (exact) mass is 315 g/mol. The third kappa shape index (κ3) is 5.21. The number of allylic oxidation sites excluding steroid dienone is 2. The summed E-state index contributed by atoms with van der Waals surface area (Å²) in [6.07, 6.45) is 7.71. The molecule has 0 unspecified atom stereocenters. The SMILES string of the molecule is CC(C)N(C)CCOC(=O)[C@H](c1ccccc1)[C@H]1C=CCCC1. The van der Waals surface area contributed by atoms with Gasteiger partial charge in [-0.2, -0.15) is 0 Å². The van der Waals surface area contributed by atoms with Gasteiger partial charge in [0, 0.05) is 12.6 Å². The van der Waals surface area contributed by atoms with Crippen molar-refractivity contribution < 1.29 is 9.53 Å². The van der Waals surface area contributed by atoms with Gasteiger partial charge in [-0.15, -0.1) is 0 Å². The van der Waals surface area contributed by atoms with Crippen molar-refractivity contribution in [2.24, 2.45) is 5.92 Å². The molecule has 0 saturated heterocycles. The molecule has 0 spiro atoms. The van der Waals surface area contributed by atoms with Crippen LogP contribution in [0.15, 0.2) is 42.5 Å². The first-order valence-corrected chi connectivity index (χ1v) is 8.68. The number of hydrogen-bond acceptors (Lipinski definition) is 3. The topological polar surface area (TPSA) is 29.5 Å². The van der Waals surface area contributed by atoms with Crippen molar-refractivity contribution in [2.45, 2.75) is 45.1 Å². The van der Waals surface area contributed by atoms with Crippen LogP contribution >= 0.6 is 0 Å². The molecule has 0 aromatic heterocycles. The van der Waals surface area contributed by atoms with E-state index in [4.69, 9.17) is 4.74 Å². The molecule has 0 aliphatic heterocycles. The third-order valence-corrected chi connectivity index (χ3v) is 4.70. The molecule has 3 heteroatoms. The zero-order valence-corrected chi connectivity index (χ0v) is 14.6. The Morgan fingerprint density at radius 1 is 1.30 bits per heavy atom. The summed E-state index contributed by atoms with van der Waals surface area (Å²) in [4.78, 5) is 14.9. The molecule has 1 aliphatic carbocycles. The van der Waals surface area contributed by atoms with Gasteiger partial charge in [0.05, 0.1) is 5.92 Å². The second-order valence-corrected chi connectivity index (χ2v) is 6.65. The first-order chi connectivity index (χ1) is 11.1. The average molecular weight is 315 g/mol. The summed E-state index contributed by atoms with van der Waals surface area (Å²) in [5.74, 6) is -0.0245. The standard InChI is InChI=1S/C20H29NO2/c1-16(2)21(3)14-15-23-20(22)19(17-10-6-4-7-11-17)18-12-8-5-9-13-18/h4,6-8,10-12,16,18-19H,5,9,13-15H2,1-3H3/t18-,19+/m0/s1. The molecular formula is C20H29NO2. The van der Waals surface area contributed by atoms with Gasteiger partial charge in [0.25, 0.3) is 0 Å². The molecule has 0 saturated carbocycles. The van der Waals surface area contributed by atoms with Gasteiger partial charge in [0.1, 0.15) is 6.61 Å². The first kappa shape index (κ1) is 17.7. The molecule has 0 fully saturated rings. The highest BCUT2D eigenvalue weighted by Gasteiger charge is 2.30. The Morgan fingerprint density at radius 2 is 2.04 bits per heavy atom. The predicted molar refractivity (Wildman–Crippen MR) is 94.4 cm³/mol. The Kier molecular flexibility index (Phi) is 6.85. The van der Waals surface area contributed by atoms with Gasteiger partial charge in [-0.1, -0.05) is 42.5 Å². The molecule has 126 valence electrons. The fourth-order valence-corrected chi connectivity index (χ4v) is 2.97. The van der Waals surface area contributed by atoms with Crippen molar-refractivity contribution in [2.75, 3.05) is 20.2 Å². The summed E-state index contributed by atoms with van der Waals surface area (Å²) in [7, 11) is 2.05. The number of carbonyl (C=O) groups excluding carboxylic acids is 1. The van der Waals surface area contributed by atoms with Crippen LogP contribution in [0.25, 0.3) is 0 Å². The lowest BCUT2D eigenvalue weighted by atomic mass is 9.80. The smallest absolute Gasteiger partial charge is 0.314 e. The van der Waals surface area contributed by atoms with Crippen molar-refractivity contribution in [1.82, 2.24) is 4.90 Å². The van der Waals surface area contributed by atoms with Crippen LogP contribution in [0.3, 0.4) is 0 Å². The normalized spacial score (nSPS) is 19.1. The number of rotatable bonds is 7. The molecule has 0 N–H and O–H groups in total. The number of hydrogen-bond donors (Lipinski definition) is 0. The van der Waals surface area contributed by atoms with E-state index < -0.39 is 0 Å². The van der Waals surface area contributed by atoms with Gasteiger partial charge < -0.3 is 9.64 Å². The summed E-state index contributed by atoms with van der Waals surface area (Å²) in [6, 6.07) is 10.5. The second kappa shape index (κ2) is 8.88. The Hall–Kier alpha value is -1.61. The van der Waals surface area contributed by atoms with Crippen LogP contribution in [0.2, 0.25) is 0 Å². The van der Waals surface area contributed by atoms with E-state index in [2.05, 4.69) is 37.9 Å². The third-order valence-electron chi connectivity index (χ3n) is 4.70. The van der Waals surface area contributed by atoms with Crippen LogP contribution in [-0.4, -0.2) is 37.1 Å². The fourth-order valence-electron chi connectivity index (χ4n) is 2.97. The Bertz CT molecular complexity index is 510. The van der Waals surface area contributed by atoms with Crippen LogP contribution in [0.1, 0.15) is 44.6 Å². The molecule has 2 rings (SSSR count). The highest BCUT2D eigenvalue weighted by molar-refractivity contribution is 5.79. The zero-order valence-electron chi connectivity index (χ0n) is 14.6. The maximum atomic E-state index is 12.7. The minimum atomic E-state index is -0.183. The van der Waals surface area contributed by atoms with E-state index in [1.807, 2.05) is 30.3 Å². The van der Waals surface area contributed by atoms with E-state index in [0.29, 0.717) is 12.6 Å². The summed E-state index contributed by atoms with van der Waals surface area (Å²) in [5, 5.41) is 0. The summed E-state index contributed by atoms with van der Waals surface area (Å²) in [5.41, 5.74) is 1.06. The van der Waals surface area contributed by atoms with Crippen LogP contribution < -0.4 is 0 Å². The van der Waals surface area contributed by atoms with Gasteiger partial charge in [-0.25, -0.2) is 0 Å². The van der Waals surface area contributed by atoms with Crippen molar-refractivity contribution in [1.29, 1.82) is 0 Å². The molecule has 1 aromatic rings. The van der Waals surface area contributed by atoms with E-state index in [-0.39, 0.29) is 17.8 Å². The molecular weight excluding hydrogens is 286 g/mol. The number of carbonyl (C=O) groups is 1. The number of ether oxygens (including phenoxy) is 1. The van der Waals surface area contributed by atoms with Gasteiger partial charge in [-0.05, 0) is 51.6 Å². The van der Waals surface area contributed by atoms with Crippen molar-refractivity contribution in [3.05, 3.63) is 48.0 Å². The molecule has 23 heavy (non-hydrogen) atoms. The molecule has 1 aliphatic rings. The quantitative estimate of drug-likeness (QED) is 0.562. The largest absolute Gasteiger partial charge is 0.464 e. The van der Waals surface area contributed by atoms with E-state index >= 15 is 0 Å². The van der Waals surface area contributed by atoms with E-state index in [1.165, 1.54) is 0 Å². The van der Waals surface area contributed by atoms with Crippen LogP contribution in [-0.2, 0) is 9.53 Å². The summed E-state index contributed by atoms with van der Waals surface area (Å²) < 4.78 is 5.62. The lowest BCUT2D eigenvalue weighted by Gasteiger charge is -2.26. The maximum Gasteiger partial charge on any atom is 0.314 e. The number of nitrogens with zero attached hydrogens (tertiary/aromatic N) is 1. The van der Waals surface area contributed by atoms with Crippen molar-refractivity contribution >= 4 is 5.97 Å². The van der Waals surface area contributed by atoms with Gasteiger partial charge >= 0.3 is 5.97 Å². The highest BCUT2D eigenvalue weighted by atomic mass is 16.5. The Morgan fingerprint density at radius 3 is 2.65 bits per heavy atom. The number of benzene rings is 1. The van der Waals surface area contributed by atoms with E-state index in [0.717, 1.165) is 31.4 Å². The minimum absolute atomic E-state index is 0.0927. The molecule has 0 bridgehead atoms. The predicted octanol–water partition coefficient (Wildman–Crippen LogP) is 4.01. The van der Waals surface area contributed by atoms with E-state index in [9.17, 15) is 4.79 Å². The molecule has 0 radical (unpaired) electrons. The van der Waals surface area contributed by atoms with Gasteiger partial charge in [-0.3, -0.25) is 4.79 Å². The summed E-state index contributed by atoms with van der Waals surface area (Å²) in [6.45, 7) is 5.50. The van der Waals surface area contributed by atoms with Crippen LogP contribution in [0, 0.1) is 5.92 Å². The highest BCUT2D eigenvalue weighted by Crippen LogP contribution is 2.33. The lowest BCUT2D eigenvalue weighted by molar-refractivity contribution is -0.147. The summed E-state index contributed by atoms with van der Waals surface area (Å²) >= 11 is 0. The molecule has 0 amide bonds. The Labute approximate surface area is 140 Å².